The molecule has 0 aliphatic carbocycles. The Bertz CT molecular complexity index is 780. The molecule has 0 spiro atoms. The molecule has 2 aromatic carbocycles. The van der Waals surface area contributed by atoms with Crippen molar-refractivity contribution in [1.82, 2.24) is 0 Å². The number of benzene rings is 2. The van der Waals surface area contributed by atoms with Gasteiger partial charge in [0.15, 0.2) is 0 Å². The van der Waals surface area contributed by atoms with E-state index in [0.717, 1.165) is 11.3 Å². The average molecular weight is 398 g/mol. The van der Waals surface area contributed by atoms with Crippen molar-refractivity contribution in [3.8, 4) is 17.2 Å². The van der Waals surface area contributed by atoms with Crippen LogP contribution in [0, 0.1) is 6.92 Å². The summed E-state index contributed by atoms with van der Waals surface area (Å²) in [5, 5.41) is 3.86. The lowest BCUT2D eigenvalue weighted by Crippen LogP contribution is -2.13. The first kappa shape index (κ1) is 20.2. The van der Waals surface area contributed by atoms with E-state index in [1.54, 1.807) is 18.2 Å². The number of carbonyl (C=O) groups is 1. The zero-order valence-corrected chi connectivity index (χ0v) is 16.4. The second kappa shape index (κ2) is 9.55. The minimum atomic E-state index is -0.152. The highest BCUT2D eigenvalue weighted by molar-refractivity contribution is 6.32. The van der Waals surface area contributed by atoms with Crippen LogP contribution in [0.1, 0.15) is 18.4 Å². The Labute approximate surface area is 163 Å². The topological polar surface area (TPSA) is 56.8 Å². The summed E-state index contributed by atoms with van der Waals surface area (Å²) in [4.78, 5) is 12.2. The number of rotatable bonds is 8. The third-order valence-corrected chi connectivity index (χ3v) is 4.22. The molecule has 1 N–H and O–H groups in total. The maximum atomic E-state index is 12.2. The molecular formula is C19H21Cl2NO4. The first-order chi connectivity index (χ1) is 12.4. The molecule has 0 atom stereocenters. The molecule has 0 radical (unpaired) electrons. The van der Waals surface area contributed by atoms with E-state index in [2.05, 4.69) is 5.32 Å². The number of hydrogen-bond donors (Lipinski definition) is 1. The van der Waals surface area contributed by atoms with Crippen LogP contribution < -0.4 is 19.5 Å². The number of carbonyl (C=O) groups excluding carboxylic acids is 1. The number of halogens is 2. The van der Waals surface area contributed by atoms with Gasteiger partial charge in [0, 0.05) is 17.5 Å². The van der Waals surface area contributed by atoms with E-state index in [1.807, 2.05) is 19.1 Å². The first-order valence-corrected chi connectivity index (χ1v) is 8.80. The van der Waals surface area contributed by atoms with Crippen molar-refractivity contribution in [1.29, 1.82) is 0 Å². The normalized spacial score (nSPS) is 10.3. The maximum absolute atomic E-state index is 12.2. The van der Waals surface area contributed by atoms with E-state index < -0.39 is 0 Å². The summed E-state index contributed by atoms with van der Waals surface area (Å²) >= 11 is 12.0. The van der Waals surface area contributed by atoms with Gasteiger partial charge in [-0.1, -0.05) is 23.2 Å². The van der Waals surface area contributed by atoms with Crippen LogP contribution in [0.4, 0.5) is 5.69 Å². The van der Waals surface area contributed by atoms with E-state index in [0.29, 0.717) is 46.7 Å². The molecule has 1 amide bonds. The molecule has 2 rings (SSSR count). The summed E-state index contributed by atoms with van der Waals surface area (Å²) in [6, 6.07) is 8.66. The molecule has 0 unspecified atom stereocenters. The molecular weight excluding hydrogens is 377 g/mol. The quantitative estimate of drug-likeness (QED) is 0.628. The summed E-state index contributed by atoms with van der Waals surface area (Å²) in [5.41, 5.74) is 1.46. The van der Waals surface area contributed by atoms with Gasteiger partial charge in [-0.15, -0.1) is 0 Å². The lowest BCUT2D eigenvalue weighted by molar-refractivity contribution is -0.116. The highest BCUT2D eigenvalue weighted by Crippen LogP contribution is 2.35. The number of aryl methyl sites for hydroxylation is 1. The van der Waals surface area contributed by atoms with Crippen LogP contribution in [-0.4, -0.2) is 26.7 Å². The molecule has 0 fully saturated rings. The van der Waals surface area contributed by atoms with Gasteiger partial charge >= 0.3 is 0 Å². The number of methoxy groups -OCH3 is 2. The van der Waals surface area contributed by atoms with Crippen molar-refractivity contribution in [2.24, 2.45) is 0 Å². The molecule has 0 aliphatic heterocycles. The lowest BCUT2D eigenvalue weighted by atomic mass is 10.2. The van der Waals surface area contributed by atoms with Gasteiger partial charge in [-0.2, -0.15) is 0 Å². The van der Waals surface area contributed by atoms with Crippen molar-refractivity contribution in [3.63, 3.8) is 0 Å². The molecule has 0 aliphatic rings. The maximum Gasteiger partial charge on any atom is 0.224 e. The molecule has 0 bridgehead atoms. The third-order valence-electron chi connectivity index (χ3n) is 3.69. The molecule has 26 heavy (non-hydrogen) atoms. The molecule has 0 saturated heterocycles. The second-order valence-electron chi connectivity index (χ2n) is 5.60. The summed E-state index contributed by atoms with van der Waals surface area (Å²) in [7, 11) is 3.03. The zero-order valence-electron chi connectivity index (χ0n) is 14.9. The second-order valence-corrected chi connectivity index (χ2v) is 6.44. The first-order valence-electron chi connectivity index (χ1n) is 8.05. The zero-order chi connectivity index (χ0) is 19.1. The van der Waals surface area contributed by atoms with E-state index in [1.165, 1.54) is 14.2 Å². The van der Waals surface area contributed by atoms with Crippen molar-refractivity contribution in [3.05, 3.63) is 45.9 Å². The van der Waals surface area contributed by atoms with Crippen molar-refractivity contribution >= 4 is 34.8 Å². The SMILES string of the molecule is COc1cc(OC)c(NC(=O)CCCOc2ccc(Cl)cc2C)cc1Cl. The van der Waals surface area contributed by atoms with Gasteiger partial charge in [0.1, 0.15) is 17.2 Å². The molecule has 0 aromatic heterocycles. The van der Waals surface area contributed by atoms with Crippen LogP contribution in [0.5, 0.6) is 17.2 Å². The van der Waals surface area contributed by atoms with Crippen LogP contribution >= 0.6 is 23.2 Å². The standard InChI is InChI=1S/C19H21Cl2NO4/c1-12-9-13(20)6-7-16(12)26-8-4-5-19(23)22-15-10-14(21)17(24-2)11-18(15)25-3/h6-7,9-11H,4-5,8H2,1-3H3,(H,22,23). The Morgan fingerprint density at radius 2 is 1.77 bits per heavy atom. The minimum Gasteiger partial charge on any atom is -0.495 e. The number of anilines is 1. The number of nitrogens with one attached hydrogen (secondary N) is 1. The van der Waals surface area contributed by atoms with Gasteiger partial charge in [-0.05, 0) is 43.2 Å². The fourth-order valence-electron chi connectivity index (χ4n) is 2.36. The van der Waals surface area contributed by atoms with Gasteiger partial charge in [0.05, 0.1) is 31.5 Å². The fourth-order valence-corrected chi connectivity index (χ4v) is 2.83. The van der Waals surface area contributed by atoms with Crippen LogP contribution in [0.25, 0.3) is 0 Å². The van der Waals surface area contributed by atoms with Crippen molar-refractivity contribution in [2.45, 2.75) is 19.8 Å². The molecule has 7 heteroatoms. The van der Waals surface area contributed by atoms with Gasteiger partial charge in [0.25, 0.3) is 0 Å². The molecule has 0 saturated carbocycles. The summed E-state index contributed by atoms with van der Waals surface area (Å²) in [6.07, 6.45) is 0.875. The predicted molar refractivity (Wildman–Crippen MR) is 104 cm³/mol. The smallest absolute Gasteiger partial charge is 0.224 e. The Balaban J connectivity index is 1.86. The highest BCUT2D eigenvalue weighted by Gasteiger charge is 2.12. The van der Waals surface area contributed by atoms with Crippen molar-refractivity contribution < 1.29 is 19.0 Å². The van der Waals surface area contributed by atoms with Crippen LogP contribution in [-0.2, 0) is 4.79 Å². The fraction of sp³-hybridized carbons (Fsp3) is 0.316. The van der Waals surface area contributed by atoms with E-state index in [9.17, 15) is 4.79 Å². The van der Waals surface area contributed by atoms with Gasteiger partial charge in [0.2, 0.25) is 5.91 Å². The molecule has 0 heterocycles. The number of amides is 1. The van der Waals surface area contributed by atoms with Gasteiger partial charge < -0.3 is 19.5 Å². The largest absolute Gasteiger partial charge is 0.495 e. The third kappa shape index (κ3) is 5.44. The van der Waals surface area contributed by atoms with E-state index in [4.69, 9.17) is 37.4 Å². The predicted octanol–water partition coefficient (Wildman–Crippen LogP) is 5.12. The Kier molecular flexibility index (Phi) is 7.42. The monoisotopic (exact) mass is 397 g/mol. The minimum absolute atomic E-state index is 0.152. The average Bonchev–Trinajstić information content (AvgIpc) is 2.60. The number of hydrogen-bond acceptors (Lipinski definition) is 4. The summed E-state index contributed by atoms with van der Waals surface area (Å²) < 4.78 is 16.1. The molecule has 5 nitrogen and oxygen atoms in total. The molecule has 2 aromatic rings. The Hall–Kier alpha value is -2.11. The van der Waals surface area contributed by atoms with Crippen LogP contribution in [0.15, 0.2) is 30.3 Å². The summed E-state index contributed by atoms with van der Waals surface area (Å²) in [6.45, 7) is 2.35. The highest BCUT2D eigenvalue weighted by atomic mass is 35.5. The molecule has 140 valence electrons. The Morgan fingerprint density at radius 3 is 2.42 bits per heavy atom. The van der Waals surface area contributed by atoms with Gasteiger partial charge in [-0.3, -0.25) is 4.79 Å². The van der Waals surface area contributed by atoms with E-state index in [-0.39, 0.29) is 5.91 Å². The van der Waals surface area contributed by atoms with E-state index >= 15 is 0 Å². The van der Waals surface area contributed by atoms with Crippen molar-refractivity contribution in [2.75, 3.05) is 26.1 Å². The van der Waals surface area contributed by atoms with Gasteiger partial charge in [-0.25, -0.2) is 0 Å². The lowest BCUT2D eigenvalue weighted by Gasteiger charge is -2.13. The van der Waals surface area contributed by atoms with Crippen LogP contribution in [0.3, 0.4) is 0 Å². The summed E-state index contributed by atoms with van der Waals surface area (Å²) in [5.74, 6) is 1.57. The van der Waals surface area contributed by atoms with Crippen LogP contribution in [0.2, 0.25) is 10.0 Å². The Morgan fingerprint density at radius 1 is 1.04 bits per heavy atom. The number of ether oxygens (including phenoxy) is 3.